The SMILES string of the molecule is CC(C)(C)c1cc(-c2csc(C3CCN(C(=O)C(N)/C=C(\N)[N+](=O)[O-])CC3)n2)cc(C(C)(C)C)c1O. The van der Waals surface area contributed by atoms with E-state index in [1.807, 2.05) is 12.1 Å². The molecular weight excluding hydrogens is 478 g/mol. The van der Waals surface area contributed by atoms with E-state index in [1.54, 1.807) is 16.2 Å². The normalized spacial score (nSPS) is 16.8. The Bertz CT molecular complexity index is 1130. The summed E-state index contributed by atoms with van der Waals surface area (Å²) in [4.78, 5) is 29.1. The van der Waals surface area contributed by atoms with Crippen molar-refractivity contribution >= 4 is 17.2 Å². The van der Waals surface area contributed by atoms with Gasteiger partial charge in [0, 0.05) is 47.2 Å². The van der Waals surface area contributed by atoms with Crippen LogP contribution in [0.15, 0.2) is 29.4 Å². The summed E-state index contributed by atoms with van der Waals surface area (Å²) in [5.41, 5.74) is 14.3. The summed E-state index contributed by atoms with van der Waals surface area (Å²) in [6.07, 6.45) is 2.45. The van der Waals surface area contributed by atoms with Gasteiger partial charge in [0.15, 0.2) is 0 Å². The maximum Gasteiger partial charge on any atom is 0.312 e. The van der Waals surface area contributed by atoms with Gasteiger partial charge >= 0.3 is 5.82 Å². The summed E-state index contributed by atoms with van der Waals surface area (Å²) in [5, 5.41) is 24.8. The van der Waals surface area contributed by atoms with Gasteiger partial charge in [-0.25, -0.2) is 4.98 Å². The van der Waals surface area contributed by atoms with E-state index in [0.29, 0.717) is 18.8 Å². The number of hydrogen-bond acceptors (Lipinski definition) is 8. The molecule has 10 heteroatoms. The van der Waals surface area contributed by atoms with Gasteiger partial charge in [-0.2, -0.15) is 0 Å². The lowest BCUT2D eigenvalue weighted by Gasteiger charge is -2.32. The highest BCUT2D eigenvalue weighted by atomic mass is 32.1. The van der Waals surface area contributed by atoms with Crippen molar-refractivity contribution in [3.05, 3.63) is 55.7 Å². The van der Waals surface area contributed by atoms with Crippen LogP contribution in [-0.2, 0) is 15.6 Å². The maximum atomic E-state index is 12.6. The number of benzene rings is 1. The predicted octanol–water partition coefficient (Wildman–Crippen LogP) is 4.22. The summed E-state index contributed by atoms with van der Waals surface area (Å²) in [5.74, 6) is -0.435. The molecule has 36 heavy (non-hydrogen) atoms. The molecule has 0 spiro atoms. The van der Waals surface area contributed by atoms with Crippen molar-refractivity contribution in [3.63, 3.8) is 0 Å². The number of nitrogens with zero attached hydrogens (tertiary/aromatic N) is 3. The molecule has 5 N–H and O–H groups in total. The number of phenols is 1. The lowest BCUT2D eigenvalue weighted by Crippen LogP contribution is -2.46. The van der Waals surface area contributed by atoms with Gasteiger partial charge in [0.25, 0.3) is 0 Å². The maximum absolute atomic E-state index is 12.6. The zero-order valence-electron chi connectivity index (χ0n) is 21.9. The molecule has 1 aromatic heterocycles. The van der Waals surface area contributed by atoms with Crippen LogP contribution in [-0.4, -0.2) is 45.0 Å². The number of hydrogen-bond donors (Lipinski definition) is 3. The summed E-state index contributed by atoms with van der Waals surface area (Å²) in [6, 6.07) is 2.94. The number of thiazole rings is 1. The van der Waals surface area contributed by atoms with Crippen LogP contribution >= 0.6 is 11.3 Å². The molecule has 1 amide bonds. The molecule has 0 aliphatic carbocycles. The van der Waals surface area contributed by atoms with Gasteiger partial charge in [0.1, 0.15) is 11.8 Å². The van der Waals surface area contributed by atoms with Gasteiger partial charge in [-0.15, -0.1) is 11.3 Å². The Morgan fingerprint density at radius 3 is 2.19 bits per heavy atom. The smallest absolute Gasteiger partial charge is 0.312 e. The van der Waals surface area contributed by atoms with E-state index in [2.05, 4.69) is 46.9 Å². The Morgan fingerprint density at radius 2 is 1.72 bits per heavy atom. The van der Waals surface area contributed by atoms with Gasteiger partial charge in [-0.05, 0) is 40.7 Å². The summed E-state index contributed by atoms with van der Waals surface area (Å²) >= 11 is 1.61. The zero-order valence-corrected chi connectivity index (χ0v) is 22.7. The van der Waals surface area contributed by atoms with Crippen molar-refractivity contribution in [1.82, 2.24) is 9.88 Å². The van der Waals surface area contributed by atoms with Crippen LogP contribution in [0.1, 0.15) is 76.4 Å². The number of piperidine rings is 1. The summed E-state index contributed by atoms with van der Waals surface area (Å²) in [6.45, 7) is 13.5. The molecule has 1 aliphatic rings. The molecule has 1 unspecified atom stereocenters. The fourth-order valence-electron chi connectivity index (χ4n) is 4.41. The van der Waals surface area contributed by atoms with Gasteiger partial charge in [0.05, 0.1) is 10.7 Å². The first-order valence-electron chi connectivity index (χ1n) is 12.1. The highest BCUT2D eigenvalue weighted by molar-refractivity contribution is 7.10. The van der Waals surface area contributed by atoms with Crippen LogP contribution in [0.3, 0.4) is 0 Å². The van der Waals surface area contributed by atoms with E-state index in [-0.39, 0.29) is 22.7 Å². The lowest BCUT2D eigenvalue weighted by molar-refractivity contribution is -0.426. The summed E-state index contributed by atoms with van der Waals surface area (Å²) in [7, 11) is 0. The van der Waals surface area contributed by atoms with Crippen molar-refractivity contribution in [2.75, 3.05) is 13.1 Å². The van der Waals surface area contributed by atoms with Crippen molar-refractivity contribution < 1.29 is 14.8 Å². The number of nitro groups is 1. The fraction of sp³-hybridized carbons (Fsp3) is 0.538. The number of carbonyl (C=O) groups is 1. The van der Waals surface area contributed by atoms with E-state index in [0.717, 1.165) is 46.3 Å². The minimum atomic E-state index is -1.14. The molecule has 1 atom stereocenters. The second kappa shape index (κ2) is 10.2. The Balaban J connectivity index is 1.78. The van der Waals surface area contributed by atoms with Crippen LogP contribution in [0.2, 0.25) is 0 Å². The Kier molecular flexibility index (Phi) is 7.80. The quantitative estimate of drug-likeness (QED) is 0.399. The van der Waals surface area contributed by atoms with Gasteiger partial charge in [0.2, 0.25) is 5.91 Å². The summed E-state index contributed by atoms with van der Waals surface area (Å²) < 4.78 is 0. The molecule has 196 valence electrons. The molecule has 0 radical (unpaired) electrons. The topological polar surface area (TPSA) is 149 Å². The van der Waals surface area contributed by atoms with E-state index in [9.17, 15) is 20.0 Å². The highest BCUT2D eigenvalue weighted by Crippen LogP contribution is 2.42. The molecular formula is C26H37N5O4S. The molecule has 0 bridgehead atoms. The molecule has 1 aromatic carbocycles. The Hall–Kier alpha value is -2.98. The van der Waals surface area contributed by atoms with Crippen molar-refractivity contribution in [2.24, 2.45) is 11.5 Å². The first-order valence-corrected chi connectivity index (χ1v) is 13.0. The third-order valence-corrected chi connectivity index (χ3v) is 7.55. The molecule has 9 nitrogen and oxygen atoms in total. The highest BCUT2D eigenvalue weighted by Gasteiger charge is 2.30. The number of rotatable bonds is 5. The Morgan fingerprint density at radius 1 is 1.19 bits per heavy atom. The van der Waals surface area contributed by atoms with Crippen LogP contribution < -0.4 is 11.5 Å². The largest absolute Gasteiger partial charge is 0.507 e. The van der Waals surface area contributed by atoms with Crippen molar-refractivity contribution in [2.45, 2.75) is 77.2 Å². The van der Waals surface area contributed by atoms with Crippen molar-refractivity contribution in [3.8, 4) is 17.0 Å². The van der Waals surface area contributed by atoms with E-state index < -0.39 is 16.8 Å². The van der Waals surface area contributed by atoms with E-state index >= 15 is 0 Å². The van der Waals surface area contributed by atoms with E-state index in [4.69, 9.17) is 16.5 Å². The van der Waals surface area contributed by atoms with Gasteiger partial charge < -0.3 is 25.9 Å². The lowest BCUT2D eigenvalue weighted by atomic mass is 9.78. The van der Waals surface area contributed by atoms with Crippen LogP contribution in [0, 0.1) is 10.1 Å². The first-order chi connectivity index (χ1) is 16.6. The second-order valence-electron chi connectivity index (χ2n) is 11.5. The van der Waals surface area contributed by atoms with Crippen LogP contribution in [0.5, 0.6) is 5.75 Å². The average Bonchev–Trinajstić information content (AvgIpc) is 3.27. The van der Waals surface area contributed by atoms with Crippen LogP contribution in [0.25, 0.3) is 11.3 Å². The fourth-order valence-corrected chi connectivity index (χ4v) is 5.41. The number of likely N-dealkylation sites (tertiary alicyclic amines) is 1. The molecule has 0 saturated carbocycles. The first kappa shape index (κ1) is 27.6. The number of aromatic nitrogens is 1. The third-order valence-electron chi connectivity index (χ3n) is 6.55. The monoisotopic (exact) mass is 515 g/mol. The predicted molar refractivity (Wildman–Crippen MR) is 142 cm³/mol. The van der Waals surface area contributed by atoms with Crippen LogP contribution in [0.4, 0.5) is 0 Å². The zero-order chi connectivity index (χ0) is 27.0. The molecule has 2 aromatic rings. The molecule has 2 heterocycles. The van der Waals surface area contributed by atoms with Crippen molar-refractivity contribution in [1.29, 1.82) is 0 Å². The number of aromatic hydroxyl groups is 1. The molecule has 1 aliphatic heterocycles. The Labute approximate surface area is 216 Å². The third kappa shape index (κ3) is 6.04. The number of amides is 1. The second-order valence-corrected chi connectivity index (χ2v) is 12.4. The average molecular weight is 516 g/mol. The molecule has 3 rings (SSSR count). The molecule has 1 fully saturated rings. The minimum absolute atomic E-state index is 0.213. The number of nitrogens with two attached hydrogens (primary N) is 2. The minimum Gasteiger partial charge on any atom is -0.507 e. The van der Waals surface area contributed by atoms with E-state index in [1.165, 1.54) is 0 Å². The van der Waals surface area contributed by atoms with Gasteiger partial charge in [-0.3, -0.25) is 10.5 Å². The number of carbonyl (C=O) groups excluding carboxylic acids is 1. The van der Waals surface area contributed by atoms with Gasteiger partial charge in [-0.1, -0.05) is 41.5 Å². The molecule has 1 saturated heterocycles. The standard InChI is InChI=1S/C26H37N5O4S/c1-25(2,3)17-11-16(12-18(22(17)32)26(4,5)6)20-14-36-23(29-20)15-7-9-30(10-8-15)24(33)19(27)13-21(28)31(34)35/h11-15,19,32H,7-10,27-28H2,1-6H3/b21-13+. The number of phenolic OH excluding ortho intramolecular Hbond substituents is 1.